The number of hydrogen-bond donors (Lipinski definition) is 0. The van der Waals surface area contributed by atoms with Crippen molar-refractivity contribution in [2.75, 3.05) is 0 Å². The van der Waals surface area contributed by atoms with Crippen LogP contribution < -0.4 is 0 Å². The van der Waals surface area contributed by atoms with E-state index in [1.54, 1.807) is 0 Å². The van der Waals surface area contributed by atoms with Crippen molar-refractivity contribution in [2.24, 2.45) is 11.8 Å². The van der Waals surface area contributed by atoms with Crippen LogP contribution in [0.4, 0.5) is 0 Å². The molecule has 0 rings (SSSR count). The molecule has 0 bridgehead atoms. The molecule has 0 radical (unpaired) electrons. The number of carbonyl (C=O) groups excluding carboxylic acids is 2. The van der Waals surface area contributed by atoms with Crippen molar-refractivity contribution in [3.63, 3.8) is 0 Å². The van der Waals surface area contributed by atoms with Crippen LogP contribution in [0.3, 0.4) is 0 Å². The second kappa shape index (κ2) is 6.36. The van der Waals surface area contributed by atoms with Crippen LogP contribution in [-0.2, 0) is 26.1 Å². The second-order valence-corrected chi connectivity index (χ2v) is 3.42. The molecule has 0 aromatic rings. The summed E-state index contributed by atoms with van der Waals surface area (Å²) in [6, 6.07) is 0. The Morgan fingerprint density at radius 3 is 1.33 bits per heavy atom. The monoisotopic (exact) mass is 214 g/mol. The molecule has 0 unspecified atom stereocenters. The van der Waals surface area contributed by atoms with Gasteiger partial charge in [-0.3, -0.25) is 9.59 Å². The van der Waals surface area contributed by atoms with E-state index in [1.807, 2.05) is 27.7 Å². The molecule has 0 saturated heterocycles. The third kappa shape index (κ3) is 5.48. The van der Waals surface area contributed by atoms with Crippen molar-refractivity contribution in [3.05, 3.63) is 0 Å². The minimum atomic E-state index is -0.0160. The summed E-state index contributed by atoms with van der Waals surface area (Å²) in [6.07, 6.45) is 0.106. The Labute approximate surface area is 84.0 Å². The smallest absolute Gasteiger partial charge is 0.142 e. The first kappa shape index (κ1) is 14.4. The fraction of sp³-hybridized carbons (Fsp3) is 0.778. The standard InChI is InChI=1S/C9H16O2.Ni/c1-6(2)8(10)5-9(11)7(3)4;/h6-7H,5H2,1-4H3;. The maximum atomic E-state index is 11.0. The Bertz CT molecular complexity index is 144. The first-order valence-corrected chi connectivity index (χ1v) is 4.00. The van der Waals surface area contributed by atoms with Crippen molar-refractivity contribution in [2.45, 2.75) is 34.1 Å². The van der Waals surface area contributed by atoms with Gasteiger partial charge in [0.1, 0.15) is 11.6 Å². The third-order valence-corrected chi connectivity index (χ3v) is 1.64. The van der Waals surface area contributed by atoms with Gasteiger partial charge in [-0.25, -0.2) is 0 Å². The molecular formula is C9H16NiO2. The SMILES string of the molecule is CC(C)C(=O)CC(=O)C(C)C.[Ni]. The van der Waals surface area contributed by atoms with Crippen molar-refractivity contribution in [3.8, 4) is 0 Å². The van der Waals surface area contributed by atoms with Crippen LogP contribution in [0.5, 0.6) is 0 Å². The van der Waals surface area contributed by atoms with Gasteiger partial charge in [0.2, 0.25) is 0 Å². The summed E-state index contributed by atoms with van der Waals surface area (Å²) in [4.78, 5) is 22.1. The molecule has 0 aromatic heterocycles. The molecule has 0 saturated carbocycles. The average molecular weight is 215 g/mol. The minimum Gasteiger partial charge on any atom is -0.299 e. The number of ketones is 2. The van der Waals surface area contributed by atoms with Gasteiger partial charge < -0.3 is 0 Å². The minimum absolute atomic E-state index is 0. The van der Waals surface area contributed by atoms with Gasteiger partial charge in [-0.1, -0.05) is 27.7 Å². The topological polar surface area (TPSA) is 34.1 Å². The van der Waals surface area contributed by atoms with E-state index in [0.29, 0.717) is 0 Å². The summed E-state index contributed by atoms with van der Waals surface area (Å²) in [7, 11) is 0. The summed E-state index contributed by atoms with van der Waals surface area (Å²) in [6.45, 7) is 7.26. The predicted octanol–water partition coefficient (Wildman–Crippen LogP) is 1.82. The summed E-state index contributed by atoms with van der Waals surface area (Å²) in [5, 5.41) is 0. The molecule has 0 amide bonds. The zero-order valence-corrected chi connectivity index (χ0v) is 8.98. The van der Waals surface area contributed by atoms with Crippen LogP contribution in [0, 0.1) is 11.8 Å². The Morgan fingerprint density at radius 1 is 0.917 bits per heavy atom. The molecule has 74 valence electrons. The van der Waals surface area contributed by atoms with Crippen LogP contribution in [0.2, 0.25) is 0 Å². The predicted molar refractivity (Wildman–Crippen MR) is 44.3 cm³/mol. The molecule has 0 fully saturated rings. The quantitative estimate of drug-likeness (QED) is 0.529. The summed E-state index contributed by atoms with van der Waals surface area (Å²) in [5.74, 6) is 0.0581. The van der Waals surface area contributed by atoms with Crippen molar-refractivity contribution >= 4 is 11.6 Å². The third-order valence-electron chi connectivity index (χ3n) is 1.64. The van der Waals surface area contributed by atoms with Gasteiger partial charge in [-0.15, -0.1) is 0 Å². The molecule has 0 aliphatic heterocycles. The Kier molecular flexibility index (Phi) is 7.61. The zero-order chi connectivity index (χ0) is 9.02. The van der Waals surface area contributed by atoms with E-state index >= 15 is 0 Å². The maximum Gasteiger partial charge on any atom is 0.142 e. The van der Waals surface area contributed by atoms with E-state index < -0.39 is 0 Å². The van der Waals surface area contributed by atoms with E-state index in [9.17, 15) is 9.59 Å². The van der Waals surface area contributed by atoms with Crippen molar-refractivity contribution < 1.29 is 26.1 Å². The number of rotatable bonds is 4. The van der Waals surface area contributed by atoms with E-state index in [4.69, 9.17) is 0 Å². The van der Waals surface area contributed by atoms with Crippen molar-refractivity contribution in [1.82, 2.24) is 0 Å². The average Bonchev–Trinajstić information content (AvgIpc) is 1.87. The van der Waals surface area contributed by atoms with Crippen LogP contribution in [-0.4, -0.2) is 11.6 Å². The Hall–Kier alpha value is -0.166. The number of carbonyl (C=O) groups is 2. The summed E-state index contributed by atoms with van der Waals surface area (Å²) >= 11 is 0. The Morgan fingerprint density at radius 2 is 1.17 bits per heavy atom. The van der Waals surface area contributed by atoms with Crippen LogP contribution in [0.15, 0.2) is 0 Å². The van der Waals surface area contributed by atoms with Gasteiger partial charge in [0, 0.05) is 28.3 Å². The maximum absolute atomic E-state index is 11.0. The first-order chi connectivity index (χ1) is 4.95. The summed E-state index contributed by atoms with van der Waals surface area (Å²) in [5.41, 5.74) is 0. The normalized spacial score (nSPS) is 9.83. The van der Waals surface area contributed by atoms with E-state index in [2.05, 4.69) is 0 Å². The molecule has 0 aliphatic rings. The van der Waals surface area contributed by atoms with Crippen LogP contribution in [0.1, 0.15) is 34.1 Å². The van der Waals surface area contributed by atoms with Gasteiger partial charge >= 0.3 is 0 Å². The summed E-state index contributed by atoms with van der Waals surface area (Å²) < 4.78 is 0. The van der Waals surface area contributed by atoms with Crippen LogP contribution >= 0.6 is 0 Å². The Balaban J connectivity index is 0. The number of Topliss-reactive ketones (excluding diaryl/α,β-unsaturated/α-hetero) is 2. The molecule has 12 heavy (non-hydrogen) atoms. The molecular weight excluding hydrogens is 199 g/mol. The number of hydrogen-bond acceptors (Lipinski definition) is 2. The molecule has 0 heterocycles. The fourth-order valence-corrected chi connectivity index (χ4v) is 0.580. The molecule has 3 heteroatoms. The van der Waals surface area contributed by atoms with Gasteiger partial charge in [0.15, 0.2) is 0 Å². The van der Waals surface area contributed by atoms with Crippen molar-refractivity contribution in [1.29, 1.82) is 0 Å². The molecule has 0 aromatic carbocycles. The largest absolute Gasteiger partial charge is 0.299 e. The molecule has 0 N–H and O–H groups in total. The van der Waals surface area contributed by atoms with E-state index in [0.717, 1.165) is 0 Å². The van der Waals surface area contributed by atoms with Gasteiger partial charge in [0.25, 0.3) is 0 Å². The molecule has 2 nitrogen and oxygen atoms in total. The van der Waals surface area contributed by atoms with Gasteiger partial charge in [0.05, 0.1) is 6.42 Å². The zero-order valence-electron chi connectivity index (χ0n) is 7.99. The van der Waals surface area contributed by atoms with E-state index in [1.165, 1.54) is 0 Å². The fourth-order valence-electron chi connectivity index (χ4n) is 0.580. The molecule has 0 aliphatic carbocycles. The molecule has 0 atom stereocenters. The van der Waals surface area contributed by atoms with Crippen LogP contribution in [0.25, 0.3) is 0 Å². The van der Waals surface area contributed by atoms with Gasteiger partial charge in [-0.05, 0) is 0 Å². The first-order valence-electron chi connectivity index (χ1n) is 4.00. The van der Waals surface area contributed by atoms with E-state index in [-0.39, 0.29) is 46.3 Å². The second-order valence-electron chi connectivity index (χ2n) is 3.42. The van der Waals surface area contributed by atoms with Gasteiger partial charge in [-0.2, -0.15) is 0 Å². The molecule has 0 spiro atoms.